The van der Waals surface area contributed by atoms with Crippen LogP contribution in [-0.4, -0.2) is 12.3 Å². The van der Waals surface area contributed by atoms with E-state index in [0.29, 0.717) is 0 Å². The van der Waals surface area contributed by atoms with Crippen molar-refractivity contribution in [3.05, 3.63) is 28.8 Å². The summed E-state index contributed by atoms with van der Waals surface area (Å²) in [4.78, 5) is 11.2. The zero-order valence-electron chi connectivity index (χ0n) is 7.98. The second kappa shape index (κ2) is 2.87. The molecule has 0 unspecified atom stereocenters. The van der Waals surface area contributed by atoms with E-state index < -0.39 is 0 Å². The monoisotopic (exact) mass is 175 g/mol. The Morgan fingerprint density at radius 1 is 1.46 bits per heavy atom. The van der Waals surface area contributed by atoms with Gasteiger partial charge in [0, 0.05) is 17.8 Å². The Kier molecular flexibility index (Phi) is 1.83. The normalized spacial score (nSPS) is 13.7. The van der Waals surface area contributed by atoms with Crippen LogP contribution < -0.4 is 5.32 Å². The van der Waals surface area contributed by atoms with Gasteiger partial charge in [0.2, 0.25) is 0 Å². The minimum atomic E-state index is 0.151. The highest BCUT2D eigenvalue weighted by Gasteiger charge is 2.14. The van der Waals surface area contributed by atoms with Crippen LogP contribution in [-0.2, 0) is 6.42 Å². The number of nitrogens with one attached hydrogen (secondary N) is 1. The van der Waals surface area contributed by atoms with Gasteiger partial charge in [-0.05, 0) is 43.5 Å². The molecule has 2 nitrogen and oxygen atoms in total. The number of carbonyl (C=O) groups is 1. The highest BCUT2D eigenvalue weighted by atomic mass is 16.1. The maximum atomic E-state index is 11.2. The molecule has 0 fully saturated rings. The largest absolute Gasteiger partial charge is 0.384 e. The molecule has 0 radical (unpaired) electrons. The van der Waals surface area contributed by atoms with E-state index in [9.17, 15) is 4.79 Å². The van der Waals surface area contributed by atoms with E-state index in [1.165, 1.54) is 16.8 Å². The average molecular weight is 175 g/mol. The van der Waals surface area contributed by atoms with Gasteiger partial charge in [-0.25, -0.2) is 0 Å². The summed E-state index contributed by atoms with van der Waals surface area (Å²) in [7, 11) is 0. The van der Waals surface area contributed by atoms with E-state index in [4.69, 9.17) is 0 Å². The summed E-state index contributed by atoms with van der Waals surface area (Å²) in [6, 6.07) is 3.96. The first-order valence-electron chi connectivity index (χ1n) is 4.57. The quantitative estimate of drug-likeness (QED) is 0.663. The Balaban J connectivity index is 2.55. The lowest BCUT2D eigenvalue weighted by Gasteiger charge is -2.06. The zero-order valence-corrected chi connectivity index (χ0v) is 7.98. The molecule has 1 N–H and O–H groups in total. The van der Waals surface area contributed by atoms with E-state index in [-0.39, 0.29) is 5.78 Å². The van der Waals surface area contributed by atoms with Crippen LogP contribution in [0.3, 0.4) is 0 Å². The molecule has 0 atom stereocenters. The number of fused-ring (bicyclic) bond motifs is 1. The number of hydrogen-bond acceptors (Lipinski definition) is 2. The van der Waals surface area contributed by atoms with Crippen LogP contribution in [0.2, 0.25) is 0 Å². The molecular formula is C11H13NO. The highest BCUT2D eigenvalue weighted by Crippen LogP contribution is 2.27. The number of Topliss-reactive ketones (excluding diaryl/α,β-unsaturated/α-hetero) is 1. The topological polar surface area (TPSA) is 29.1 Å². The van der Waals surface area contributed by atoms with Crippen LogP contribution in [0.1, 0.15) is 28.4 Å². The van der Waals surface area contributed by atoms with E-state index in [2.05, 4.69) is 5.32 Å². The lowest BCUT2D eigenvalue weighted by Crippen LogP contribution is -1.96. The van der Waals surface area contributed by atoms with Crippen molar-refractivity contribution in [1.82, 2.24) is 0 Å². The molecule has 1 aliphatic heterocycles. The molecule has 0 bridgehead atoms. The van der Waals surface area contributed by atoms with Crippen LogP contribution in [0, 0.1) is 6.92 Å². The van der Waals surface area contributed by atoms with Crippen molar-refractivity contribution in [3.8, 4) is 0 Å². The summed E-state index contributed by atoms with van der Waals surface area (Å²) in [5, 5.41) is 3.32. The maximum Gasteiger partial charge on any atom is 0.159 e. The molecule has 0 saturated carbocycles. The third-order valence-corrected chi connectivity index (χ3v) is 2.52. The minimum Gasteiger partial charge on any atom is -0.384 e. The molecule has 1 aromatic carbocycles. The van der Waals surface area contributed by atoms with Crippen molar-refractivity contribution >= 4 is 11.5 Å². The Morgan fingerprint density at radius 3 is 2.92 bits per heavy atom. The fourth-order valence-corrected chi connectivity index (χ4v) is 1.84. The molecule has 1 aliphatic rings. The van der Waals surface area contributed by atoms with Gasteiger partial charge in [-0.3, -0.25) is 4.79 Å². The van der Waals surface area contributed by atoms with Gasteiger partial charge < -0.3 is 5.32 Å². The standard InChI is InChI=1S/C11H13NO/c1-7-5-10(8(2)13)6-9-3-4-12-11(7)9/h5-6,12H,3-4H2,1-2H3. The van der Waals surface area contributed by atoms with Crippen LogP contribution in [0.15, 0.2) is 12.1 Å². The van der Waals surface area contributed by atoms with Gasteiger partial charge in [-0.15, -0.1) is 0 Å². The lowest BCUT2D eigenvalue weighted by atomic mass is 10.0. The number of hydrogen-bond donors (Lipinski definition) is 1. The average Bonchev–Trinajstić information content (AvgIpc) is 2.51. The molecule has 1 aromatic rings. The molecule has 68 valence electrons. The van der Waals surface area contributed by atoms with Gasteiger partial charge in [0.25, 0.3) is 0 Å². The number of rotatable bonds is 1. The first-order chi connectivity index (χ1) is 6.18. The van der Waals surface area contributed by atoms with Gasteiger partial charge in [0.15, 0.2) is 5.78 Å². The molecule has 0 aliphatic carbocycles. The fraction of sp³-hybridized carbons (Fsp3) is 0.364. The Morgan fingerprint density at radius 2 is 2.23 bits per heavy atom. The van der Waals surface area contributed by atoms with Crippen molar-refractivity contribution < 1.29 is 4.79 Å². The van der Waals surface area contributed by atoms with Crippen molar-refractivity contribution in [3.63, 3.8) is 0 Å². The highest BCUT2D eigenvalue weighted by molar-refractivity contribution is 5.95. The number of benzene rings is 1. The van der Waals surface area contributed by atoms with Gasteiger partial charge >= 0.3 is 0 Å². The van der Waals surface area contributed by atoms with Gasteiger partial charge in [-0.1, -0.05) is 0 Å². The second-order valence-electron chi connectivity index (χ2n) is 3.56. The number of carbonyl (C=O) groups excluding carboxylic acids is 1. The molecule has 0 amide bonds. The molecule has 0 aromatic heterocycles. The smallest absolute Gasteiger partial charge is 0.159 e. The molecule has 1 heterocycles. The Bertz CT molecular complexity index is 369. The third-order valence-electron chi connectivity index (χ3n) is 2.52. The maximum absolute atomic E-state index is 11.2. The van der Waals surface area contributed by atoms with Crippen LogP contribution >= 0.6 is 0 Å². The van der Waals surface area contributed by atoms with Crippen LogP contribution in [0.25, 0.3) is 0 Å². The fourth-order valence-electron chi connectivity index (χ4n) is 1.84. The van der Waals surface area contributed by atoms with E-state index in [0.717, 1.165) is 18.5 Å². The summed E-state index contributed by atoms with van der Waals surface area (Å²) in [5.41, 5.74) is 4.52. The van der Waals surface area contributed by atoms with Gasteiger partial charge in [0.1, 0.15) is 0 Å². The summed E-state index contributed by atoms with van der Waals surface area (Å²) in [5.74, 6) is 0.151. The minimum absolute atomic E-state index is 0.151. The summed E-state index contributed by atoms with van der Waals surface area (Å²) in [6.07, 6.45) is 1.04. The van der Waals surface area contributed by atoms with E-state index in [1.54, 1.807) is 6.92 Å². The molecular weight excluding hydrogens is 162 g/mol. The number of ketones is 1. The van der Waals surface area contributed by atoms with Crippen molar-refractivity contribution in [1.29, 1.82) is 0 Å². The van der Waals surface area contributed by atoms with E-state index >= 15 is 0 Å². The molecule has 13 heavy (non-hydrogen) atoms. The summed E-state index contributed by atoms with van der Waals surface area (Å²) < 4.78 is 0. The predicted molar refractivity (Wildman–Crippen MR) is 53.4 cm³/mol. The Hall–Kier alpha value is -1.31. The van der Waals surface area contributed by atoms with Crippen LogP contribution in [0.4, 0.5) is 5.69 Å². The Labute approximate surface area is 78.0 Å². The summed E-state index contributed by atoms with van der Waals surface area (Å²) in [6.45, 7) is 4.66. The molecule has 2 rings (SSSR count). The van der Waals surface area contributed by atoms with Gasteiger partial charge in [0.05, 0.1) is 0 Å². The van der Waals surface area contributed by atoms with Crippen molar-refractivity contribution in [2.24, 2.45) is 0 Å². The first-order valence-corrected chi connectivity index (χ1v) is 4.57. The number of anilines is 1. The SMILES string of the molecule is CC(=O)c1cc(C)c2c(c1)CCN2. The van der Waals surface area contributed by atoms with Crippen LogP contribution in [0.5, 0.6) is 0 Å². The van der Waals surface area contributed by atoms with Crippen molar-refractivity contribution in [2.45, 2.75) is 20.3 Å². The lowest BCUT2D eigenvalue weighted by molar-refractivity contribution is 0.101. The van der Waals surface area contributed by atoms with Crippen molar-refractivity contribution in [2.75, 3.05) is 11.9 Å². The molecule has 0 spiro atoms. The predicted octanol–water partition coefficient (Wildman–Crippen LogP) is 2.17. The summed E-state index contributed by atoms with van der Waals surface area (Å²) >= 11 is 0. The molecule has 0 saturated heterocycles. The molecule has 2 heteroatoms. The zero-order chi connectivity index (χ0) is 9.42. The van der Waals surface area contributed by atoms with Gasteiger partial charge in [-0.2, -0.15) is 0 Å². The second-order valence-corrected chi connectivity index (χ2v) is 3.56. The first kappa shape index (κ1) is 8.30. The van der Waals surface area contributed by atoms with E-state index in [1.807, 2.05) is 19.1 Å². The third kappa shape index (κ3) is 1.32. The number of aryl methyl sites for hydroxylation is 1.